The van der Waals surface area contributed by atoms with E-state index >= 15 is 0 Å². The van der Waals surface area contributed by atoms with E-state index in [-0.39, 0.29) is 16.9 Å². The average molecular weight is 382 g/mol. The highest BCUT2D eigenvalue weighted by Gasteiger charge is 2.57. The molecule has 0 spiro atoms. The maximum atomic E-state index is 12.7. The number of hydrogen-bond donors (Lipinski definition) is 2. The first-order valence-corrected chi connectivity index (χ1v) is 10.2. The third-order valence-corrected chi connectivity index (χ3v) is 7.00. The molecule has 0 saturated heterocycles. The summed E-state index contributed by atoms with van der Waals surface area (Å²) in [5.41, 5.74) is -0.347. The molecule has 6 heteroatoms. The van der Waals surface area contributed by atoms with Gasteiger partial charge in [0.05, 0.1) is 22.9 Å². The molecular weight excluding hydrogens is 356 g/mol. The average Bonchev–Trinajstić information content (AvgIpc) is 2.58. The van der Waals surface area contributed by atoms with Crippen molar-refractivity contribution >= 4 is 16.9 Å². The minimum Gasteiger partial charge on any atom is -0.454 e. The Labute approximate surface area is 163 Å². The Bertz CT molecular complexity index is 983. The largest absolute Gasteiger partial charge is 0.454 e. The standard InChI is InChI=1S/C22H26N2O4/c1-13(19-23-17-5-3-2-4-16(17)20(26)24-19)28-18(25)11-21-7-14-6-15(8-21)10-22(27,9-14)12-21/h2-5,13-15,27H,6-12H2,1H3,(H,23,24,26)/t13-,14-,15+,21?,22?/m1/s1. The lowest BCUT2D eigenvalue weighted by molar-refractivity contribution is -0.179. The third kappa shape index (κ3) is 3.04. The number of carbonyl (C=O) groups is 1. The Balaban J connectivity index is 1.32. The van der Waals surface area contributed by atoms with Crippen LogP contribution in [0.15, 0.2) is 29.1 Å². The van der Waals surface area contributed by atoms with Crippen LogP contribution >= 0.6 is 0 Å². The Morgan fingerprint density at radius 2 is 2.00 bits per heavy atom. The fourth-order valence-electron chi connectivity index (χ4n) is 6.51. The molecule has 4 saturated carbocycles. The lowest BCUT2D eigenvalue weighted by atomic mass is 9.47. The van der Waals surface area contributed by atoms with Crippen LogP contribution in [0.5, 0.6) is 0 Å². The molecule has 4 bridgehead atoms. The first-order chi connectivity index (χ1) is 13.3. The van der Waals surface area contributed by atoms with Gasteiger partial charge in [0.15, 0.2) is 11.9 Å². The van der Waals surface area contributed by atoms with Gasteiger partial charge in [0.25, 0.3) is 5.56 Å². The van der Waals surface area contributed by atoms with E-state index in [0.29, 0.717) is 41.4 Å². The molecule has 4 fully saturated rings. The number of fused-ring (bicyclic) bond motifs is 1. The van der Waals surface area contributed by atoms with Crippen LogP contribution < -0.4 is 5.56 Å². The Morgan fingerprint density at radius 3 is 2.71 bits per heavy atom. The molecule has 4 aliphatic rings. The topological polar surface area (TPSA) is 92.3 Å². The number of carbonyl (C=O) groups excluding carboxylic acids is 1. The van der Waals surface area contributed by atoms with Crippen molar-refractivity contribution in [2.45, 2.75) is 63.6 Å². The molecule has 0 aliphatic heterocycles. The van der Waals surface area contributed by atoms with E-state index < -0.39 is 11.7 Å². The Hall–Kier alpha value is -2.21. The molecule has 6 rings (SSSR count). The number of esters is 1. The summed E-state index contributed by atoms with van der Waals surface area (Å²) in [4.78, 5) is 32.2. The molecule has 6 nitrogen and oxygen atoms in total. The smallest absolute Gasteiger partial charge is 0.307 e. The van der Waals surface area contributed by atoms with Gasteiger partial charge in [-0.05, 0) is 74.8 Å². The Kier molecular flexibility index (Phi) is 3.92. The zero-order chi connectivity index (χ0) is 19.5. The molecule has 2 N–H and O–H groups in total. The van der Waals surface area contributed by atoms with Gasteiger partial charge in [-0.2, -0.15) is 0 Å². The summed E-state index contributed by atoms with van der Waals surface area (Å²) in [6.07, 6.45) is 5.42. The molecule has 1 heterocycles. The number of nitrogens with one attached hydrogen (secondary N) is 1. The van der Waals surface area contributed by atoms with Gasteiger partial charge in [-0.1, -0.05) is 12.1 Å². The van der Waals surface area contributed by atoms with E-state index in [0.717, 1.165) is 25.7 Å². The highest BCUT2D eigenvalue weighted by Crippen LogP contribution is 2.62. The molecule has 0 amide bonds. The van der Waals surface area contributed by atoms with Gasteiger partial charge in [0.2, 0.25) is 0 Å². The van der Waals surface area contributed by atoms with Crippen LogP contribution in [0, 0.1) is 17.3 Å². The minimum absolute atomic E-state index is 0.125. The summed E-state index contributed by atoms with van der Waals surface area (Å²) in [5, 5.41) is 11.4. The van der Waals surface area contributed by atoms with Gasteiger partial charge in [-0.15, -0.1) is 0 Å². The van der Waals surface area contributed by atoms with E-state index in [2.05, 4.69) is 9.97 Å². The van der Waals surface area contributed by atoms with Crippen molar-refractivity contribution in [3.8, 4) is 0 Å². The number of para-hydroxylation sites is 1. The van der Waals surface area contributed by atoms with Crippen molar-refractivity contribution in [2.75, 3.05) is 0 Å². The molecule has 1 aromatic heterocycles. The molecule has 5 atom stereocenters. The van der Waals surface area contributed by atoms with Crippen molar-refractivity contribution < 1.29 is 14.6 Å². The van der Waals surface area contributed by atoms with Crippen LogP contribution in [0.1, 0.15) is 63.8 Å². The second-order valence-corrected chi connectivity index (χ2v) is 9.46. The van der Waals surface area contributed by atoms with Crippen LogP contribution in [-0.4, -0.2) is 26.6 Å². The summed E-state index contributed by atoms with van der Waals surface area (Å²) < 4.78 is 5.66. The molecule has 0 radical (unpaired) electrons. The van der Waals surface area contributed by atoms with Gasteiger partial charge >= 0.3 is 5.97 Å². The fourth-order valence-corrected chi connectivity index (χ4v) is 6.51. The van der Waals surface area contributed by atoms with Crippen molar-refractivity contribution in [3.05, 3.63) is 40.4 Å². The van der Waals surface area contributed by atoms with E-state index in [1.165, 1.54) is 6.42 Å². The van der Waals surface area contributed by atoms with Gasteiger partial charge < -0.3 is 14.8 Å². The number of ether oxygens (including phenoxy) is 1. The predicted molar refractivity (Wildman–Crippen MR) is 104 cm³/mol. The number of H-pyrrole nitrogens is 1. The van der Waals surface area contributed by atoms with Crippen LogP contribution in [0.3, 0.4) is 0 Å². The second-order valence-electron chi connectivity index (χ2n) is 9.46. The Morgan fingerprint density at radius 1 is 1.29 bits per heavy atom. The SMILES string of the molecule is C[C@@H](OC(=O)CC12C[C@@H]3C[C@@H](CC(O)(C3)C1)C2)c1nc2ccccc2c(=O)[nH]1. The summed E-state index contributed by atoms with van der Waals surface area (Å²) in [5.74, 6) is 1.17. The lowest BCUT2D eigenvalue weighted by Gasteiger charge is -2.60. The van der Waals surface area contributed by atoms with E-state index in [1.807, 2.05) is 6.07 Å². The van der Waals surface area contributed by atoms with Crippen molar-refractivity contribution in [1.82, 2.24) is 9.97 Å². The zero-order valence-electron chi connectivity index (χ0n) is 16.1. The van der Waals surface area contributed by atoms with Gasteiger partial charge in [0.1, 0.15) is 0 Å². The maximum Gasteiger partial charge on any atom is 0.307 e. The molecule has 148 valence electrons. The minimum atomic E-state index is -0.623. The van der Waals surface area contributed by atoms with Crippen molar-refractivity contribution in [3.63, 3.8) is 0 Å². The molecular formula is C22H26N2O4. The highest BCUT2D eigenvalue weighted by molar-refractivity contribution is 5.77. The summed E-state index contributed by atoms with van der Waals surface area (Å²) in [7, 11) is 0. The zero-order valence-corrected chi connectivity index (χ0v) is 16.1. The van der Waals surface area contributed by atoms with E-state index in [9.17, 15) is 14.7 Å². The number of aromatic amines is 1. The normalized spacial score (nSPS) is 34.5. The summed E-state index contributed by atoms with van der Waals surface area (Å²) in [6.45, 7) is 1.73. The third-order valence-electron chi connectivity index (χ3n) is 7.00. The number of hydrogen-bond acceptors (Lipinski definition) is 5. The van der Waals surface area contributed by atoms with Gasteiger partial charge in [0, 0.05) is 0 Å². The summed E-state index contributed by atoms with van der Waals surface area (Å²) >= 11 is 0. The van der Waals surface area contributed by atoms with Crippen molar-refractivity contribution in [1.29, 1.82) is 0 Å². The van der Waals surface area contributed by atoms with E-state index in [4.69, 9.17) is 4.74 Å². The molecule has 2 aromatic rings. The highest BCUT2D eigenvalue weighted by atomic mass is 16.5. The maximum absolute atomic E-state index is 12.7. The second kappa shape index (κ2) is 6.14. The van der Waals surface area contributed by atoms with Crippen LogP contribution in [0.4, 0.5) is 0 Å². The van der Waals surface area contributed by atoms with E-state index in [1.54, 1.807) is 25.1 Å². The number of aliphatic hydroxyl groups is 1. The first-order valence-electron chi connectivity index (χ1n) is 10.2. The molecule has 2 unspecified atom stereocenters. The number of rotatable bonds is 4. The summed E-state index contributed by atoms with van der Waals surface area (Å²) in [6, 6.07) is 7.12. The van der Waals surface area contributed by atoms with Crippen LogP contribution in [-0.2, 0) is 9.53 Å². The fraction of sp³-hybridized carbons (Fsp3) is 0.591. The van der Waals surface area contributed by atoms with Crippen molar-refractivity contribution in [2.24, 2.45) is 17.3 Å². The molecule has 4 aliphatic carbocycles. The van der Waals surface area contributed by atoms with Crippen LogP contribution in [0.25, 0.3) is 10.9 Å². The number of nitrogens with zero attached hydrogens (tertiary/aromatic N) is 1. The number of benzene rings is 1. The number of aromatic nitrogens is 2. The monoisotopic (exact) mass is 382 g/mol. The molecule has 1 aromatic carbocycles. The predicted octanol–water partition coefficient (Wildman–Crippen LogP) is 3.25. The van der Waals surface area contributed by atoms with Gasteiger partial charge in [-0.25, -0.2) is 4.98 Å². The van der Waals surface area contributed by atoms with Gasteiger partial charge in [-0.3, -0.25) is 9.59 Å². The molecule has 28 heavy (non-hydrogen) atoms. The lowest BCUT2D eigenvalue weighted by Crippen LogP contribution is -2.56. The van der Waals surface area contributed by atoms with Crippen LogP contribution in [0.2, 0.25) is 0 Å². The quantitative estimate of drug-likeness (QED) is 0.792. The first kappa shape index (κ1) is 17.9.